The quantitative estimate of drug-likeness (QED) is 0.783. The van der Waals surface area contributed by atoms with Crippen molar-refractivity contribution in [3.63, 3.8) is 0 Å². The second-order valence-electron chi connectivity index (χ2n) is 3.58. The molecule has 2 aromatic rings. The summed E-state index contributed by atoms with van der Waals surface area (Å²) in [5.74, 6) is 1.98. The standard InChI is InChI=1S/C11H15N3O2/c1-3-5-12-7-10-13-11(14-16-10)9-4-6-15-8(9)2/h4,6,12H,3,5,7H2,1-2H3. The van der Waals surface area contributed by atoms with Gasteiger partial charge in [-0.15, -0.1) is 0 Å². The third-order valence-corrected chi connectivity index (χ3v) is 2.27. The normalized spacial score (nSPS) is 10.9. The zero-order valence-electron chi connectivity index (χ0n) is 9.49. The highest BCUT2D eigenvalue weighted by atomic mass is 16.5. The number of hydrogen-bond donors (Lipinski definition) is 1. The molecule has 0 aliphatic heterocycles. The molecule has 2 aromatic heterocycles. The number of furan rings is 1. The molecule has 86 valence electrons. The Kier molecular flexibility index (Phi) is 3.36. The van der Waals surface area contributed by atoms with E-state index in [1.165, 1.54) is 0 Å². The maximum absolute atomic E-state index is 5.19. The second-order valence-corrected chi connectivity index (χ2v) is 3.58. The number of aromatic nitrogens is 2. The average Bonchev–Trinajstić information content (AvgIpc) is 2.87. The van der Waals surface area contributed by atoms with Gasteiger partial charge in [0.05, 0.1) is 18.4 Å². The molecular weight excluding hydrogens is 206 g/mol. The number of nitrogens with one attached hydrogen (secondary N) is 1. The molecule has 0 saturated heterocycles. The van der Waals surface area contributed by atoms with Gasteiger partial charge in [0.25, 0.3) is 0 Å². The summed E-state index contributed by atoms with van der Waals surface area (Å²) < 4.78 is 10.3. The van der Waals surface area contributed by atoms with Crippen LogP contribution in [0.25, 0.3) is 11.4 Å². The van der Waals surface area contributed by atoms with Crippen molar-refractivity contribution in [1.29, 1.82) is 0 Å². The van der Waals surface area contributed by atoms with Crippen molar-refractivity contribution in [2.24, 2.45) is 0 Å². The van der Waals surface area contributed by atoms with Crippen molar-refractivity contribution in [1.82, 2.24) is 15.5 Å². The van der Waals surface area contributed by atoms with E-state index < -0.39 is 0 Å². The van der Waals surface area contributed by atoms with Gasteiger partial charge in [0.15, 0.2) is 0 Å². The molecule has 2 rings (SSSR count). The van der Waals surface area contributed by atoms with Crippen LogP contribution in [0.2, 0.25) is 0 Å². The Bertz CT molecular complexity index is 448. The van der Waals surface area contributed by atoms with Gasteiger partial charge in [-0.25, -0.2) is 0 Å². The van der Waals surface area contributed by atoms with E-state index >= 15 is 0 Å². The van der Waals surface area contributed by atoms with E-state index in [4.69, 9.17) is 8.94 Å². The fourth-order valence-corrected chi connectivity index (χ4v) is 1.43. The van der Waals surface area contributed by atoms with E-state index in [2.05, 4.69) is 22.4 Å². The molecule has 1 N–H and O–H groups in total. The van der Waals surface area contributed by atoms with Crippen LogP contribution < -0.4 is 5.32 Å². The second kappa shape index (κ2) is 4.94. The first-order valence-corrected chi connectivity index (χ1v) is 5.39. The van der Waals surface area contributed by atoms with Crippen LogP contribution in [-0.4, -0.2) is 16.7 Å². The van der Waals surface area contributed by atoms with Crippen LogP contribution in [0.1, 0.15) is 25.0 Å². The lowest BCUT2D eigenvalue weighted by Crippen LogP contribution is -2.13. The van der Waals surface area contributed by atoms with Crippen LogP contribution in [0.5, 0.6) is 0 Å². The first kappa shape index (κ1) is 10.9. The first-order chi connectivity index (χ1) is 7.81. The van der Waals surface area contributed by atoms with E-state index in [1.54, 1.807) is 6.26 Å². The van der Waals surface area contributed by atoms with Crippen molar-refractivity contribution >= 4 is 0 Å². The fourth-order valence-electron chi connectivity index (χ4n) is 1.43. The highest BCUT2D eigenvalue weighted by Crippen LogP contribution is 2.20. The van der Waals surface area contributed by atoms with Gasteiger partial charge in [-0.1, -0.05) is 12.1 Å². The van der Waals surface area contributed by atoms with Crippen LogP contribution in [-0.2, 0) is 6.54 Å². The van der Waals surface area contributed by atoms with Crippen LogP contribution in [0.15, 0.2) is 21.3 Å². The minimum absolute atomic E-state index is 0.583. The van der Waals surface area contributed by atoms with E-state index in [0.717, 1.165) is 24.3 Å². The molecule has 0 aliphatic carbocycles. The van der Waals surface area contributed by atoms with Gasteiger partial charge in [0.1, 0.15) is 5.76 Å². The van der Waals surface area contributed by atoms with Crippen molar-refractivity contribution < 1.29 is 8.94 Å². The Morgan fingerprint density at radius 1 is 1.44 bits per heavy atom. The minimum atomic E-state index is 0.583. The number of aryl methyl sites for hydroxylation is 1. The zero-order chi connectivity index (χ0) is 11.4. The molecule has 0 aliphatic rings. The molecule has 0 fully saturated rings. The average molecular weight is 221 g/mol. The Morgan fingerprint density at radius 3 is 3.00 bits per heavy atom. The molecule has 0 aromatic carbocycles. The van der Waals surface area contributed by atoms with Crippen molar-refractivity contribution in [2.45, 2.75) is 26.8 Å². The van der Waals surface area contributed by atoms with Gasteiger partial charge in [0.2, 0.25) is 11.7 Å². The number of rotatable bonds is 5. The lowest BCUT2D eigenvalue weighted by atomic mass is 10.2. The Morgan fingerprint density at radius 2 is 2.31 bits per heavy atom. The molecule has 16 heavy (non-hydrogen) atoms. The number of nitrogens with zero attached hydrogens (tertiary/aromatic N) is 2. The van der Waals surface area contributed by atoms with Gasteiger partial charge < -0.3 is 14.3 Å². The summed E-state index contributed by atoms with van der Waals surface area (Å²) in [5.41, 5.74) is 0.880. The summed E-state index contributed by atoms with van der Waals surface area (Å²) >= 11 is 0. The molecule has 0 spiro atoms. The highest BCUT2D eigenvalue weighted by molar-refractivity contribution is 5.55. The third-order valence-electron chi connectivity index (χ3n) is 2.27. The predicted octanol–water partition coefficient (Wildman–Crippen LogP) is 2.14. The molecule has 0 bridgehead atoms. The van der Waals surface area contributed by atoms with Gasteiger partial charge in [-0.3, -0.25) is 0 Å². The third kappa shape index (κ3) is 2.30. The smallest absolute Gasteiger partial charge is 0.240 e. The van der Waals surface area contributed by atoms with Crippen LogP contribution in [0.3, 0.4) is 0 Å². The molecule has 0 atom stereocenters. The lowest BCUT2D eigenvalue weighted by molar-refractivity contribution is 0.368. The fraction of sp³-hybridized carbons (Fsp3) is 0.455. The molecular formula is C11H15N3O2. The van der Waals surface area contributed by atoms with Crippen molar-refractivity contribution in [3.8, 4) is 11.4 Å². The Balaban J connectivity index is 2.05. The topological polar surface area (TPSA) is 64.1 Å². The Labute approximate surface area is 93.8 Å². The summed E-state index contributed by atoms with van der Waals surface area (Å²) in [5, 5.41) is 7.12. The molecule has 0 radical (unpaired) electrons. The van der Waals surface area contributed by atoms with Gasteiger partial charge in [-0.05, 0) is 26.0 Å². The molecule has 0 unspecified atom stereocenters. The summed E-state index contributed by atoms with van der Waals surface area (Å²) in [6.45, 7) is 5.54. The highest BCUT2D eigenvalue weighted by Gasteiger charge is 2.11. The van der Waals surface area contributed by atoms with Crippen LogP contribution >= 0.6 is 0 Å². The maximum Gasteiger partial charge on any atom is 0.240 e. The van der Waals surface area contributed by atoms with E-state index in [1.807, 2.05) is 13.0 Å². The SMILES string of the molecule is CCCNCc1nc(-c2ccoc2C)no1. The van der Waals surface area contributed by atoms with Crippen molar-refractivity contribution in [3.05, 3.63) is 24.0 Å². The summed E-state index contributed by atoms with van der Waals surface area (Å²) in [4.78, 5) is 4.29. The monoisotopic (exact) mass is 221 g/mol. The van der Waals surface area contributed by atoms with Crippen LogP contribution in [0.4, 0.5) is 0 Å². The maximum atomic E-state index is 5.19. The Hall–Kier alpha value is -1.62. The van der Waals surface area contributed by atoms with Crippen LogP contribution in [0, 0.1) is 6.92 Å². The van der Waals surface area contributed by atoms with Gasteiger partial charge in [0, 0.05) is 0 Å². The largest absolute Gasteiger partial charge is 0.469 e. The zero-order valence-corrected chi connectivity index (χ0v) is 9.49. The summed E-state index contributed by atoms with van der Waals surface area (Å²) in [6, 6.07) is 1.84. The summed E-state index contributed by atoms with van der Waals surface area (Å²) in [7, 11) is 0. The molecule has 0 amide bonds. The molecule has 0 saturated carbocycles. The van der Waals surface area contributed by atoms with E-state index in [-0.39, 0.29) is 0 Å². The number of hydrogen-bond acceptors (Lipinski definition) is 5. The molecule has 2 heterocycles. The first-order valence-electron chi connectivity index (χ1n) is 5.39. The molecule has 5 nitrogen and oxygen atoms in total. The minimum Gasteiger partial charge on any atom is -0.469 e. The van der Waals surface area contributed by atoms with E-state index in [9.17, 15) is 0 Å². The summed E-state index contributed by atoms with van der Waals surface area (Å²) in [6.07, 6.45) is 2.71. The van der Waals surface area contributed by atoms with Gasteiger partial charge >= 0.3 is 0 Å². The lowest BCUT2D eigenvalue weighted by Gasteiger charge is -1.95. The van der Waals surface area contributed by atoms with Crippen molar-refractivity contribution in [2.75, 3.05) is 6.54 Å². The molecule has 5 heteroatoms. The predicted molar refractivity (Wildman–Crippen MR) is 58.7 cm³/mol. The van der Waals surface area contributed by atoms with Gasteiger partial charge in [-0.2, -0.15) is 4.98 Å². The van der Waals surface area contributed by atoms with E-state index in [0.29, 0.717) is 18.3 Å².